The van der Waals surface area contributed by atoms with Gasteiger partial charge in [0.2, 0.25) is 0 Å². The van der Waals surface area contributed by atoms with Crippen LogP contribution in [0, 0.1) is 0 Å². The van der Waals surface area contributed by atoms with E-state index in [4.69, 9.17) is 9.57 Å². The number of oxime groups is 1. The molecule has 2 aromatic rings. The summed E-state index contributed by atoms with van der Waals surface area (Å²) in [5.74, 6) is 0.731. The predicted molar refractivity (Wildman–Crippen MR) is 76.8 cm³/mol. The highest BCUT2D eigenvalue weighted by molar-refractivity contribution is 5.79. The van der Waals surface area contributed by atoms with E-state index in [0.29, 0.717) is 5.56 Å². The minimum absolute atomic E-state index is 0.0120. The average molecular weight is 291 g/mol. The summed E-state index contributed by atoms with van der Waals surface area (Å²) in [6, 6.07) is 13.3. The standard InChI is InChI=1S/C16H15F2NO2/c1-20-15-5-3-2-4-14(15)11-21-19-10-12-6-8-13(9-7-12)16(17)18/h2-10,16H,11H2,1H3. The highest BCUT2D eigenvalue weighted by atomic mass is 19.3. The zero-order chi connectivity index (χ0) is 15.1. The molecule has 0 spiro atoms. The Kier molecular flexibility index (Phi) is 5.26. The Morgan fingerprint density at radius 3 is 2.48 bits per heavy atom. The van der Waals surface area contributed by atoms with Gasteiger partial charge in [-0.05, 0) is 11.6 Å². The molecular formula is C16H15F2NO2. The third-order valence-electron chi connectivity index (χ3n) is 2.88. The second-order valence-corrected chi connectivity index (χ2v) is 4.29. The van der Waals surface area contributed by atoms with Crippen LogP contribution < -0.4 is 4.74 Å². The lowest BCUT2D eigenvalue weighted by atomic mass is 10.1. The lowest BCUT2D eigenvalue weighted by Crippen LogP contribution is -1.93. The monoisotopic (exact) mass is 291 g/mol. The van der Waals surface area contributed by atoms with Crippen molar-refractivity contribution in [3.8, 4) is 5.75 Å². The molecule has 0 saturated carbocycles. The smallest absolute Gasteiger partial charge is 0.263 e. The van der Waals surface area contributed by atoms with E-state index >= 15 is 0 Å². The van der Waals surface area contributed by atoms with Crippen molar-refractivity contribution in [2.75, 3.05) is 7.11 Å². The first-order chi connectivity index (χ1) is 10.2. The van der Waals surface area contributed by atoms with Crippen molar-refractivity contribution in [1.29, 1.82) is 0 Å². The van der Waals surface area contributed by atoms with E-state index in [-0.39, 0.29) is 12.2 Å². The zero-order valence-corrected chi connectivity index (χ0v) is 11.5. The van der Waals surface area contributed by atoms with E-state index in [0.717, 1.165) is 11.3 Å². The van der Waals surface area contributed by atoms with Crippen molar-refractivity contribution >= 4 is 6.21 Å². The number of para-hydroxylation sites is 1. The van der Waals surface area contributed by atoms with Gasteiger partial charge in [0.25, 0.3) is 6.43 Å². The Balaban J connectivity index is 1.90. The topological polar surface area (TPSA) is 30.8 Å². The third-order valence-corrected chi connectivity index (χ3v) is 2.88. The maximum atomic E-state index is 12.4. The molecule has 0 saturated heterocycles. The first kappa shape index (κ1) is 15.0. The molecule has 0 N–H and O–H groups in total. The van der Waals surface area contributed by atoms with Gasteiger partial charge in [0.05, 0.1) is 13.3 Å². The number of rotatable bonds is 6. The number of hydrogen-bond acceptors (Lipinski definition) is 3. The summed E-state index contributed by atoms with van der Waals surface area (Å²) in [6.45, 7) is 0.273. The van der Waals surface area contributed by atoms with Gasteiger partial charge in [-0.3, -0.25) is 0 Å². The number of halogens is 2. The van der Waals surface area contributed by atoms with Crippen LogP contribution in [0.5, 0.6) is 5.75 Å². The van der Waals surface area contributed by atoms with Crippen molar-refractivity contribution in [2.45, 2.75) is 13.0 Å². The van der Waals surface area contributed by atoms with Gasteiger partial charge in [-0.2, -0.15) is 0 Å². The number of alkyl halides is 2. The van der Waals surface area contributed by atoms with E-state index in [1.54, 1.807) is 19.2 Å². The van der Waals surface area contributed by atoms with Crippen LogP contribution in [-0.2, 0) is 11.4 Å². The summed E-state index contributed by atoms with van der Waals surface area (Å²) in [6.07, 6.45) is -0.984. The zero-order valence-electron chi connectivity index (χ0n) is 11.5. The Bertz CT molecular complexity index is 597. The molecule has 0 aliphatic rings. The summed E-state index contributed by atoms with van der Waals surface area (Å²) in [7, 11) is 1.59. The average Bonchev–Trinajstić information content (AvgIpc) is 2.52. The quantitative estimate of drug-likeness (QED) is 0.590. The third kappa shape index (κ3) is 4.27. The molecule has 0 aliphatic carbocycles. The molecule has 2 aromatic carbocycles. The summed E-state index contributed by atoms with van der Waals surface area (Å²) >= 11 is 0. The van der Waals surface area contributed by atoms with Gasteiger partial charge >= 0.3 is 0 Å². The van der Waals surface area contributed by atoms with E-state index in [1.807, 2.05) is 24.3 Å². The lowest BCUT2D eigenvalue weighted by molar-refractivity contribution is 0.130. The largest absolute Gasteiger partial charge is 0.496 e. The first-order valence-corrected chi connectivity index (χ1v) is 6.36. The molecule has 0 aromatic heterocycles. The summed E-state index contributed by atoms with van der Waals surface area (Å²) in [5, 5.41) is 3.82. The molecule has 0 unspecified atom stereocenters. The fourth-order valence-electron chi connectivity index (χ4n) is 1.75. The minimum atomic E-state index is -2.46. The Labute approximate surface area is 121 Å². The van der Waals surface area contributed by atoms with Crippen LogP contribution in [0.15, 0.2) is 53.7 Å². The summed E-state index contributed by atoms with van der Waals surface area (Å²) in [5.41, 5.74) is 1.56. The summed E-state index contributed by atoms with van der Waals surface area (Å²) < 4.78 is 30.0. The molecule has 3 nitrogen and oxygen atoms in total. The molecule has 0 heterocycles. The molecule has 21 heavy (non-hydrogen) atoms. The molecular weight excluding hydrogens is 276 g/mol. The van der Waals surface area contributed by atoms with Crippen molar-refractivity contribution in [1.82, 2.24) is 0 Å². The maximum Gasteiger partial charge on any atom is 0.263 e. The minimum Gasteiger partial charge on any atom is -0.496 e. The molecule has 0 amide bonds. The molecule has 2 rings (SSSR count). The van der Waals surface area contributed by atoms with Gasteiger partial charge in [-0.15, -0.1) is 0 Å². The van der Waals surface area contributed by atoms with Crippen molar-refractivity contribution in [2.24, 2.45) is 5.16 Å². The Morgan fingerprint density at radius 1 is 1.10 bits per heavy atom. The van der Waals surface area contributed by atoms with Crippen LogP contribution in [-0.4, -0.2) is 13.3 Å². The van der Waals surface area contributed by atoms with Crippen LogP contribution in [0.2, 0.25) is 0 Å². The molecule has 0 fully saturated rings. The fraction of sp³-hybridized carbons (Fsp3) is 0.188. The molecule has 0 bridgehead atoms. The second kappa shape index (κ2) is 7.38. The predicted octanol–water partition coefficient (Wildman–Crippen LogP) is 4.18. The van der Waals surface area contributed by atoms with Crippen molar-refractivity contribution in [3.05, 3.63) is 65.2 Å². The maximum absolute atomic E-state index is 12.4. The normalized spacial score (nSPS) is 11.0. The van der Waals surface area contributed by atoms with Gasteiger partial charge in [-0.25, -0.2) is 8.78 Å². The fourth-order valence-corrected chi connectivity index (χ4v) is 1.75. The van der Waals surface area contributed by atoms with E-state index in [2.05, 4.69) is 5.16 Å². The Morgan fingerprint density at radius 2 is 1.81 bits per heavy atom. The van der Waals surface area contributed by atoms with Gasteiger partial charge in [0, 0.05) is 11.1 Å². The summed E-state index contributed by atoms with van der Waals surface area (Å²) in [4.78, 5) is 5.19. The molecule has 110 valence electrons. The molecule has 0 radical (unpaired) electrons. The highest BCUT2D eigenvalue weighted by Gasteiger charge is 2.05. The SMILES string of the molecule is COc1ccccc1CON=Cc1ccc(C(F)F)cc1. The van der Waals surface area contributed by atoms with Crippen LogP contribution in [0.4, 0.5) is 8.78 Å². The van der Waals surface area contributed by atoms with Crippen LogP contribution in [0.3, 0.4) is 0 Å². The second-order valence-electron chi connectivity index (χ2n) is 4.29. The van der Waals surface area contributed by atoms with Gasteiger partial charge in [0.1, 0.15) is 12.4 Å². The number of benzene rings is 2. The van der Waals surface area contributed by atoms with Gasteiger partial charge < -0.3 is 9.57 Å². The van der Waals surface area contributed by atoms with Gasteiger partial charge in [-0.1, -0.05) is 47.6 Å². The molecule has 0 atom stereocenters. The number of hydrogen-bond donors (Lipinski definition) is 0. The van der Waals surface area contributed by atoms with E-state index in [9.17, 15) is 8.78 Å². The lowest BCUT2D eigenvalue weighted by Gasteiger charge is -2.06. The van der Waals surface area contributed by atoms with Crippen molar-refractivity contribution in [3.63, 3.8) is 0 Å². The van der Waals surface area contributed by atoms with Crippen molar-refractivity contribution < 1.29 is 18.4 Å². The number of methoxy groups -OCH3 is 1. The first-order valence-electron chi connectivity index (χ1n) is 6.36. The van der Waals surface area contributed by atoms with E-state index < -0.39 is 6.43 Å². The highest BCUT2D eigenvalue weighted by Crippen LogP contribution is 2.19. The van der Waals surface area contributed by atoms with Crippen LogP contribution in [0.25, 0.3) is 0 Å². The number of nitrogens with zero attached hydrogens (tertiary/aromatic N) is 1. The van der Waals surface area contributed by atoms with Gasteiger partial charge in [0.15, 0.2) is 0 Å². The van der Waals surface area contributed by atoms with Crippen LogP contribution >= 0.6 is 0 Å². The Hall–Kier alpha value is -2.43. The molecule has 5 heteroatoms. The number of ether oxygens (including phenoxy) is 1. The molecule has 0 aliphatic heterocycles. The van der Waals surface area contributed by atoms with E-state index in [1.165, 1.54) is 18.3 Å². The van der Waals surface area contributed by atoms with Crippen LogP contribution in [0.1, 0.15) is 23.1 Å².